The lowest BCUT2D eigenvalue weighted by molar-refractivity contribution is -0.122. The number of carbonyl (C=O) groups is 2. The number of benzene rings is 1. The minimum Gasteiger partial charge on any atom is -0.325 e. The van der Waals surface area contributed by atoms with Crippen molar-refractivity contribution in [2.24, 2.45) is 5.73 Å². The summed E-state index contributed by atoms with van der Waals surface area (Å²) in [4.78, 5) is 26.7. The second kappa shape index (κ2) is 9.95. The summed E-state index contributed by atoms with van der Waals surface area (Å²) in [5.74, 6) is -0.112. The van der Waals surface area contributed by atoms with Crippen LogP contribution in [-0.2, 0) is 4.79 Å². The number of nitrogens with two attached hydrogens (primary N) is 1. The van der Waals surface area contributed by atoms with E-state index in [1.165, 1.54) is 12.8 Å². The van der Waals surface area contributed by atoms with Gasteiger partial charge in [-0.2, -0.15) is 0 Å². The maximum Gasteiger partial charge on any atom is 0.321 e. The number of likely N-dealkylation sites (tertiary alicyclic amines) is 1. The van der Waals surface area contributed by atoms with Crippen molar-refractivity contribution in [3.63, 3.8) is 0 Å². The Morgan fingerprint density at radius 3 is 1.85 bits per heavy atom. The molecule has 3 amide bonds. The highest BCUT2D eigenvalue weighted by atomic mass is 35.5. The van der Waals surface area contributed by atoms with Gasteiger partial charge in [0.2, 0.25) is 5.91 Å². The molecule has 0 radical (unpaired) electrons. The third-order valence-electron chi connectivity index (χ3n) is 5.49. The van der Waals surface area contributed by atoms with Crippen molar-refractivity contribution in [1.82, 2.24) is 4.90 Å². The summed E-state index contributed by atoms with van der Waals surface area (Å²) in [6, 6.07) is 7.20. The number of urea groups is 1. The molecule has 0 bridgehead atoms. The first-order chi connectivity index (χ1) is 12.6. The molecule has 4 N–H and O–H groups in total. The number of rotatable bonds is 3. The lowest BCUT2D eigenvalue weighted by Crippen LogP contribution is -2.52. The largest absolute Gasteiger partial charge is 0.325 e. The molecule has 2 fully saturated rings. The van der Waals surface area contributed by atoms with E-state index in [4.69, 9.17) is 5.73 Å². The number of anilines is 2. The number of nitrogens with zero attached hydrogens (tertiary/aromatic N) is 1. The molecule has 7 heteroatoms. The fraction of sp³-hybridized carbons (Fsp3) is 0.600. The molecule has 0 unspecified atom stereocenters. The molecule has 27 heavy (non-hydrogen) atoms. The Balaban J connectivity index is 0.00000261. The van der Waals surface area contributed by atoms with Crippen LogP contribution in [0.1, 0.15) is 57.8 Å². The van der Waals surface area contributed by atoms with Gasteiger partial charge in [-0.1, -0.05) is 32.1 Å². The number of carbonyl (C=O) groups excluding carboxylic acids is 2. The second-order valence-electron chi connectivity index (χ2n) is 7.58. The van der Waals surface area contributed by atoms with Gasteiger partial charge in [-0.3, -0.25) is 4.79 Å². The Morgan fingerprint density at radius 1 is 0.815 bits per heavy atom. The Labute approximate surface area is 167 Å². The molecule has 0 aromatic heterocycles. The highest BCUT2D eigenvalue weighted by Gasteiger charge is 2.35. The summed E-state index contributed by atoms with van der Waals surface area (Å²) in [6.45, 7) is 1.64. The van der Waals surface area contributed by atoms with Crippen molar-refractivity contribution < 1.29 is 9.59 Å². The highest BCUT2D eigenvalue weighted by Crippen LogP contribution is 2.27. The van der Waals surface area contributed by atoms with Gasteiger partial charge >= 0.3 is 6.03 Å². The zero-order chi connectivity index (χ0) is 18.4. The standard InChI is InChI=1S/C20H30N4O2.ClH/c21-20(12-4-3-5-13-20)18(25)22-16-8-10-17(11-9-16)23-19(26)24-14-6-1-2-7-15-24;/h8-11H,1-7,12-15,21H2,(H,22,25)(H,23,26);1H. The number of nitrogens with one attached hydrogen (secondary N) is 2. The summed E-state index contributed by atoms with van der Waals surface area (Å²) in [7, 11) is 0. The van der Waals surface area contributed by atoms with Crippen LogP contribution in [-0.4, -0.2) is 35.5 Å². The maximum absolute atomic E-state index is 12.5. The molecule has 1 aromatic rings. The van der Waals surface area contributed by atoms with Gasteiger partial charge in [-0.25, -0.2) is 4.79 Å². The minimum absolute atomic E-state index is 0. The van der Waals surface area contributed by atoms with Crippen molar-refractivity contribution in [2.45, 2.75) is 63.3 Å². The zero-order valence-electron chi connectivity index (χ0n) is 15.8. The number of hydrogen-bond donors (Lipinski definition) is 3. The van der Waals surface area contributed by atoms with E-state index < -0.39 is 5.54 Å². The van der Waals surface area contributed by atoms with E-state index in [2.05, 4.69) is 10.6 Å². The summed E-state index contributed by atoms with van der Waals surface area (Å²) in [6.07, 6.45) is 9.17. The monoisotopic (exact) mass is 394 g/mol. The van der Waals surface area contributed by atoms with Crippen molar-refractivity contribution in [3.05, 3.63) is 24.3 Å². The van der Waals surface area contributed by atoms with Crippen LogP contribution in [0.15, 0.2) is 24.3 Å². The van der Waals surface area contributed by atoms with Crippen LogP contribution in [0.3, 0.4) is 0 Å². The molecule has 6 nitrogen and oxygen atoms in total. The first kappa shape index (κ1) is 21.5. The van der Waals surface area contributed by atoms with Gasteiger partial charge in [0.05, 0.1) is 5.54 Å². The molecule has 1 saturated heterocycles. The van der Waals surface area contributed by atoms with E-state index >= 15 is 0 Å². The lowest BCUT2D eigenvalue weighted by Gasteiger charge is -2.31. The van der Waals surface area contributed by atoms with Crippen LogP contribution >= 0.6 is 12.4 Å². The van der Waals surface area contributed by atoms with Gasteiger partial charge < -0.3 is 21.3 Å². The van der Waals surface area contributed by atoms with Gasteiger partial charge in [0, 0.05) is 24.5 Å². The summed E-state index contributed by atoms with van der Waals surface area (Å²) >= 11 is 0. The summed E-state index contributed by atoms with van der Waals surface area (Å²) in [5, 5.41) is 5.86. The smallest absolute Gasteiger partial charge is 0.321 e. The Bertz CT molecular complexity index is 621. The molecule has 1 aliphatic heterocycles. The predicted octanol–water partition coefficient (Wildman–Crippen LogP) is 4.12. The predicted molar refractivity (Wildman–Crippen MR) is 111 cm³/mol. The second-order valence-corrected chi connectivity index (χ2v) is 7.58. The van der Waals surface area contributed by atoms with Gasteiger partial charge in [0.25, 0.3) is 0 Å². The van der Waals surface area contributed by atoms with Crippen LogP contribution in [0.4, 0.5) is 16.2 Å². The molecular formula is C20H31ClN4O2. The number of halogens is 1. The molecule has 1 aromatic carbocycles. The maximum atomic E-state index is 12.5. The van der Waals surface area contributed by atoms with E-state index in [1.54, 1.807) is 0 Å². The van der Waals surface area contributed by atoms with Gasteiger partial charge in [0.15, 0.2) is 0 Å². The third-order valence-corrected chi connectivity index (χ3v) is 5.49. The van der Waals surface area contributed by atoms with Gasteiger partial charge in [-0.15, -0.1) is 12.4 Å². The van der Waals surface area contributed by atoms with Gasteiger partial charge in [-0.05, 0) is 49.9 Å². The minimum atomic E-state index is -0.752. The van der Waals surface area contributed by atoms with E-state index in [1.807, 2.05) is 29.2 Å². The molecule has 1 heterocycles. The van der Waals surface area contributed by atoms with Crippen LogP contribution < -0.4 is 16.4 Å². The van der Waals surface area contributed by atoms with Gasteiger partial charge in [0.1, 0.15) is 0 Å². The molecule has 0 spiro atoms. The quantitative estimate of drug-likeness (QED) is 0.720. The van der Waals surface area contributed by atoms with E-state index in [0.29, 0.717) is 5.69 Å². The number of hydrogen-bond acceptors (Lipinski definition) is 3. The average Bonchev–Trinajstić information content (AvgIpc) is 2.93. The van der Waals surface area contributed by atoms with Crippen LogP contribution in [0.25, 0.3) is 0 Å². The molecule has 1 saturated carbocycles. The molecule has 150 valence electrons. The zero-order valence-corrected chi connectivity index (χ0v) is 16.7. The first-order valence-electron chi connectivity index (χ1n) is 9.83. The molecule has 0 atom stereocenters. The summed E-state index contributed by atoms with van der Waals surface area (Å²) in [5.41, 5.74) is 6.96. The molecule has 1 aliphatic carbocycles. The fourth-order valence-electron chi connectivity index (χ4n) is 3.78. The SMILES string of the molecule is Cl.NC1(C(=O)Nc2ccc(NC(=O)N3CCCCCC3)cc2)CCCCC1. The molecule has 3 rings (SSSR count). The van der Waals surface area contributed by atoms with E-state index in [-0.39, 0.29) is 24.3 Å². The van der Waals surface area contributed by atoms with E-state index in [9.17, 15) is 9.59 Å². The third kappa shape index (κ3) is 5.84. The average molecular weight is 395 g/mol. The Morgan fingerprint density at radius 2 is 1.30 bits per heavy atom. The first-order valence-corrected chi connectivity index (χ1v) is 9.83. The van der Waals surface area contributed by atoms with Crippen LogP contribution in [0.2, 0.25) is 0 Å². The van der Waals surface area contributed by atoms with Crippen molar-refractivity contribution in [2.75, 3.05) is 23.7 Å². The van der Waals surface area contributed by atoms with Crippen molar-refractivity contribution in [3.8, 4) is 0 Å². The van der Waals surface area contributed by atoms with E-state index in [0.717, 1.165) is 63.7 Å². The van der Waals surface area contributed by atoms with Crippen LogP contribution in [0.5, 0.6) is 0 Å². The topological polar surface area (TPSA) is 87.5 Å². The fourth-order valence-corrected chi connectivity index (χ4v) is 3.78. The lowest BCUT2D eigenvalue weighted by atomic mass is 9.82. The molecular weight excluding hydrogens is 364 g/mol. The van der Waals surface area contributed by atoms with Crippen molar-refractivity contribution >= 4 is 35.7 Å². The highest BCUT2D eigenvalue weighted by molar-refractivity contribution is 5.98. The normalized spacial score (nSPS) is 19.4. The summed E-state index contributed by atoms with van der Waals surface area (Å²) < 4.78 is 0. The Hall–Kier alpha value is -1.79. The van der Waals surface area contributed by atoms with Crippen LogP contribution in [0, 0.1) is 0 Å². The van der Waals surface area contributed by atoms with Crippen molar-refractivity contribution in [1.29, 1.82) is 0 Å². The number of amides is 3. The molecule has 2 aliphatic rings. The Kier molecular flexibility index (Phi) is 7.92.